The highest BCUT2D eigenvalue weighted by Crippen LogP contribution is 2.25. The third-order valence-electron chi connectivity index (χ3n) is 3.85. The highest BCUT2D eigenvalue weighted by molar-refractivity contribution is 5.59. The number of aromatic nitrogens is 4. The van der Waals surface area contributed by atoms with E-state index >= 15 is 0 Å². The maximum atomic E-state index is 5.84. The summed E-state index contributed by atoms with van der Waals surface area (Å²) in [6.07, 6.45) is 0. The molecule has 0 unspecified atom stereocenters. The van der Waals surface area contributed by atoms with Crippen LogP contribution in [0.2, 0.25) is 0 Å². The molecule has 0 N–H and O–H groups in total. The van der Waals surface area contributed by atoms with Crippen LogP contribution in [0.1, 0.15) is 0 Å². The van der Waals surface area contributed by atoms with Crippen LogP contribution in [0.5, 0.6) is 23.1 Å². The van der Waals surface area contributed by atoms with Crippen molar-refractivity contribution in [1.82, 2.24) is 19.8 Å². The summed E-state index contributed by atoms with van der Waals surface area (Å²) in [5, 5.41) is 12.9. The lowest BCUT2D eigenvalue weighted by Gasteiger charge is -2.07. The summed E-state index contributed by atoms with van der Waals surface area (Å²) >= 11 is 0. The lowest BCUT2D eigenvalue weighted by Crippen LogP contribution is -1.98. The zero-order chi connectivity index (χ0) is 17.9. The van der Waals surface area contributed by atoms with E-state index in [0.717, 1.165) is 11.3 Å². The second kappa shape index (κ2) is 6.72. The average molecular weight is 348 g/mol. The van der Waals surface area contributed by atoms with E-state index in [1.165, 1.54) is 0 Å². The van der Waals surface area contributed by atoms with Crippen LogP contribution in [0.3, 0.4) is 0 Å². The minimum Gasteiger partial charge on any atom is -0.497 e. The normalized spacial score (nSPS) is 10.7. The Morgan fingerprint density at radius 2 is 1.54 bits per heavy atom. The minimum atomic E-state index is 0.431. The molecule has 4 rings (SSSR count). The van der Waals surface area contributed by atoms with Gasteiger partial charge in [-0.1, -0.05) is 6.07 Å². The van der Waals surface area contributed by atoms with Crippen LogP contribution >= 0.6 is 0 Å². The fourth-order valence-corrected chi connectivity index (χ4v) is 2.53. The summed E-state index contributed by atoms with van der Waals surface area (Å²) in [5.41, 5.74) is 1.51. The summed E-state index contributed by atoms with van der Waals surface area (Å²) in [4.78, 5) is 0. The molecule has 0 aliphatic rings. The van der Waals surface area contributed by atoms with Crippen molar-refractivity contribution in [2.75, 3.05) is 14.2 Å². The van der Waals surface area contributed by atoms with Gasteiger partial charge in [-0.15, -0.1) is 15.3 Å². The first-order valence-electron chi connectivity index (χ1n) is 7.95. The molecule has 7 nitrogen and oxygen atoms in total. The Kier molecular flexibility index (Phi) is 4.10. The molecule has 0 radical (unpaired) electrons. The molecule has 0 aliphatic carbocycles. The average Bonchev–Trinajstić information content (AvgIpc) is 3.11. The van der Waals surface area contributed by atoms with Crippen molar-refractivity contribution in [2.45, 2.75) is 0 Å². The van der Waals surface area contributed by atoms with Gasteiger partial charge in [0.05, 0.1) is 14.2 Å². The summed E-state index contributed by atoms with van der Waals surface area (Å²) in [5.74, 6) is 3.18. The molecule has 0 saturated carbocycles. The first-order valence-corrected chi connectivity index (χ1v) is 7.95. The van der Waals surface area contributed by atoms with Gasteiger partial charge in [0.15, 0.2) is 11.5 Å². The Bertz CT molecular complexity index is 1040. The summed E-state index contributed by atoms with van der Waals surface area (Å²) in [7, 11) is 3.24. The van der Waals surface area contributed by atoms with E-state index in [1.54, 1.807) is 30.9 Å². The lowest BCUT2D eigenvalue weighted by atomic mass is 10.2. The largest absolute Gasteiger partial charge is 0.497 e. The number of fused-ring (bicyclic) bond motifs is 1. The van der Waals surface area contributed by atoms with Crippen molar-refractivity contribution < 1.29 is 14.2 Å². The monoisotopic (exact) mass is 348 g/mol. The molecule has 7 heteroatoms. The van der Waals surface area contributed by atoms with E-state index < -0.39 is 0 Å². The maximum absolute atomic E-state index is 5.84. The van der Waals surface area contributed by atoms with Gasteiger partial charge in [0.25, 0.3) is 0 Å². The SMILES string of the molecule is COc1ccc(-c2nnc3ccc(Oc4cccc(OC)c4)nn23)cc1. The summed E-state index contributed by atoms with van der Waals surface area (Å²) in [6.45, 7) is 0. The highest BCUT2D eigenvalue weighted by atomic mass is 16.5. The highest BCUT2D eigenvalue weighted by Gasteiger charge is 2.11. The van der Waals surface area contributed by atoms with Crippen molar-refractivity contribution >= 4 is 5.65 Å². The third kappa shape index (κ3) is 3.02. The lowest BCUT2D eigenvalue weighted by molar-refractivity contribution is 0.406. The number of ether oxygens (including phenoxy) is 3. The Morgan fingerprint density at radius 1 is 0.769 bits per heavy atom. The predicted octanol–water partition coefficient (Wildman–Crippen LogP) is 3.60. The van der Waals surface area contributed by atoms with Crippen LogP contribution in [-0.2, 0) is 0 Å². The van der Waals surface area contributed by atoms with Crippen molar-refractivity contribution in [2.24, 2.45) is 0 Å². The van der Waals surface area contributed by atoms with Crippen molar-refractivity contribution in [1.29, 1.82) is 0 Å². The van der Waals surface area contributed by atoms with Crippen LogP contribution in [0.15, 0.2) is 60.7 Å². The zero-order valence-electron chi connectivity index (χ0n) is 14.3. The summed E-state index contributed by atoms with van der Waals surface area (Å²) in [6, 6.07) is 18.5. The van der Waals surface area contributed by atoms with Gasteiger partial charge in [0.1, 0.15) is 17.2 Å². The summed E-state index contributed by atoms with van der Waals surface area (Å²) < 4.78 is 17.9. The molecule has 2 aromatic carbocycles. The maximum Gasteiger partial charge on any atom is 0.237 e. The first kappa shape index (κ1) is 15.9. The molecule has 0 spiro atoms. The number of benzene rings is 2. The Labute approximate surface area is 149 Å². The Morgan fingerprint density at radius 3 is 2.31 bits per heavy atom. The fourth-order valence-electron chi connectivity index (χ4n) is 2.53. The van der Waals surface area contributed by atoms with Crippen LogP contribution < -0.4 is 14.2 Å². The van der Waals surface area contributed by atoms with E-state index in [-0.39, 0.29) is 0 Å². The number of nitrogens with zero attached hydrogens (tertiary/aromatic N) is 4. The first-order chi connectivity index (χ1) is 12.8. The number of methoxy groups -OCH3 is 2. The van der Waals surface area contributed by atoms with Gasteiger partial charge in [0.2, 0.25) is 5.88 Å². The van der Waals surface area contributed by atoms with Crippen molar-refractivity contribution in [3.63, 3.8) is 0 Å². The van der Waals surface area contributed by atoms with Gasteiger partial charge < -0.3 is 14.2 Å². The van der Waals surface area contributed by atoms with Gasteiger partial charge >= 0.3 is 0 Å². The Hall–Kier alpha value is -3.61. The van der Waals surface area contributed by atoms with Crippen LogP contribution in [-0.4, -0.2) is 34.0 Å². The van der Waals surface area contributed by atoms with Gasteiger partial charge in [-0.2, -0.15) is 4.52 Å². The molecule has 0 fully saturated rings. The van der Waals surface area contributed by atoms with Crippen LogP contribution in [0.25, 0.3) is 17.0 Å². The number of rotatable bonds is 5. The molecule has 130 valence electrons. The third-order valence-corrected chi connectivity index (χ3v) is 3.85. The molecule has 0 amide bonds. The van der Waals surface area contributed by atoms with E-state index in [0.29, 0.717) is 28.9 Å². The van der Waals surface area contributed by atoms with E-state index in [2.05, 4.69) is 15.3 Å². The van der Waals surface area contributed by atoms with Crippen molar-refractivity contribution in [3.05, 3.63) is 60.7 Å². The van der Waals surface area contributed by atoms with E-state index in [4.69, 9.17) is 14.2 Å². The second-order valence-corrected chi connectivity index (χ2v) is 5.47. The Balaban J connectivity index is 1.69. The molecule has 0 aliphatic heterocycles. The van der Waals surface area contributed by atoms with Gasteiger partial charge in [-0.05, 0) is 42.5 Å². The van der Waals surface area contributed by atoms with E-state index in [9.17, 15) is 0 Å². The quantitative estimate of drug-likeness (QED) is 0.549. The molecular weight excluding hydrogens is 332 g/mol. The molecule has 2 heterocycles. The van der Waals surface area contributed by atoms with Crippen molar-refractivity contribution in [3.8, 4) is 34.5 Å². The van der Waals surface area contributed by atoms with E-state index in [1.807, 2.05) is 48.5 Å². The second-order valence-electron chi connectivity index (χ2n) is 5.47. The zero-order valence-corrected chi connectivity index (χ0v) is 14.3. The fraction of sp³-hybridized carbons (Fsp3) is 0.105. The minimum absolute atomic E-state index is 0.431. The molecule has 2 aromatic heterocycles. The molecule has 0 bridgehead atoms. The van der Waals surface area contributed by atoms with Gasteiger partial charge in [0, 0.05) is 17.7 Å². The van der Waals surface area contributed by atoms with Gasteiger partial charge in [-0.3, -0.25) is 0 Å². The topological polar surface area (TPSA) is 70.8 Å². The molecule has 4 aromatic rings. The standard InChI is InChI=1S/C19H16N4O3/c1-24-14-8-6-13(7-9-14)19-21-20-17-10-11-18(22-23(17)19)26-16-5-3-4-15(12-16)25-2/h3-12H,1-2H3. The number of hydrogen-bond acceptors (Lipinski definition) is 6. The van der Waals surface area contributed by atoms with Gasteiger partial charge in [-0.25, -0.2) is 0 Å². The molecule has 0 saturated heterocycles. The smallest absolute Gasteiger partial charge is 0.237 e. The number of hydrogen-bond donors (Lipinski definition) is 0. The van der Waals surface area contributed by atoms with Crippen LogP contribution in [0, 0.1) is 0 Å². The molecule has 26 heavy (non-hydrogen) atoms. The predicted molar refractivity (Wildman–Crippen MR) is 95.8 cm³/mol. The van der Waals surface area contributed by atoms with Crippen LogP contribution in [0.4, 0.5) is 0 Å². The molecule has 0 atom stereocenters. The molecular formula is C19H16N4O3.